The van der Waals surface area contributed by atoms with Gasteiger partial charge in [0.05, 0.1) is 29.5 Å². The molecule has 1 aliphatic heterocycles. The average molecular weight is 442 g/mol. The number of carbonyl (C=O) groups excluding carboxylic acids is 1. The van der Waals surface area contributed by atoms with Crippen LogP contribution < -0.4 is 14.8 Å². The van der Waals surface area contributed by atoms with E-state index in [1.165, 1.54) is 0 Å². The van der Waals surface area contributed by atoms with Crippen molar-refractivity contribution in [3.05, 3.63) is 65.4 Å². The molecule has 0 unspecified atom stereocenters. The number of sulfone groups is 1. The van der Waals surface area contributed by atoms with Crippen molar-refractivity contribution < 1.29 is 22.7 Å². The second-order valence-electron chi connectivity index (χ2n) is 7.25. The van der Waals surface area contributed by atoms with Crippen LogP contribution in [0.15, 0.2) is 48.5 Å². The number of hydrogen-bond donors (Lipinski definition) is 1. The molecular weight excluding hydrogens is 418 g/mol. The Morgan fingerprint density at radius 3 is 2.42 bits per heavy atom. The molecule has 0 saturated carbocycles. The van der Waals surface area contributed by atoms with Gasteiger partial charge in [0.15, 0.2) is 16.4 Å². The number of amides is 1. The van der Waals surface area contributed by atoms with Crippen molar-refractivity contribution in [2.75, 3.05) is 18.5 Å². The lowest BCUT2D eigenvalue weighted by molar-refractivity contribution is -0.118. The molecule has 0 bridgehead atoms. The van der Waals surface area contributed by atoms with E-state index in [0.29, 0.717) is 29.4 Å². The monoisotopic (exact) mass is 441 g/mol. The lowest BCUT2D eigenvalue weighted by Crippen LogP contribution is -2.23. The molecule has 0 spiro atoms. The summed E-state index contributed by atoms with van der Waals surface area (Å²) in [7, 11) is -3.26. The second-order valence-corrected chi connectivity index (χ2v) is 9.31. The van der Waals surface area contributed by atoms with Crippen molar-refractivity contribution in [3.63, 3.8) is 0 Å². The molecule has 2 aromatic carbocycles. The van der Waals surface area contributed by atoms with Crippen molar-refractivity contribution in [2.24, 2.45) is 0 Å². The van der Waals surface area contributed by atoms with Gasteiger partial charge in [0.25, 0.3) is 5.91 Å². The summed E-state index contributed by atoms with van der Waals surface area (Å²) in [6.45, 7) is 4.17. The molecule has 0 saturated heterocycles. The maximum Gasteiger partial charge on any atom is 0.263 e. The summed E-state index contributed by atoms with van der Waals surface area (Å²) in [4.78, 5) is 12.6. The Labute approximate surface area is 180 Å². The normalized spacial score (nSPS) is 14.1. The smallest absolute Gasteiger partial charge is 0.263 e. The molecule has 4 rings (SSSR count). The SMILES string of the molecule is CCOc1ccc(OCC(=O)Nc2c3c(nn2-c2ccccc2C)CS(=O)(=O)C3)cc1. The minimum atomic E-state index is -3.26. The molecule has 0 atom stereocenters. The van der Waals surface area contributed by atoms with Crippen LogP contribution in [0.5, 0.6) is 11.5 Å². The van der Waals surface area contributed by atoms with Crippen LogP contribution in [0.25, 0.3) is 5.69 Å². The highest BCUT2D eigenvalue weighted by molar-refractivity contribution is 7.90. The zero-order valence-corrected chi connectivity index (χ0v) is 18.1. The van der Waals surface area contributed by atoms with Gasteiger partial charge in [-0.25, -0.2) is 13.1 Å². The van der Waals surface area contributed by atoms with Crippen LogP contribution in [0.4, 0.5) is 5.82 Å². The minimum Gasteiger partial charge on any atom is -0.494 e. The van der Waals surface area contributed by atoms with Crippen LogP contribution in [-0.4, -0.2) is 37.3 Å². The van der Waals surface area contributed by atoms with Crippen LogP contribution in [0, 0.1) is 6.92 Å². The van der Waals surface area contributed by atoms with Gasteiger partial charge in [-0.2, -0.15) is 5.10 Å². The number of benzene rings is 2. The third-order valence-corrected chi connectivity index (χ3v) is 6.34. The molecule has 31 heavy (non-hydrogen) atoms. The fourth-order valence-electron chi connectivity index (χ4n) is 3.46. The predicted molar refractivity (Wildman–Crippen MR) is 116 cm³/mol. The van der Waals surface area contributed by atoms with Crippen molar-refractivity contribution in [2.45, 2.75) is 25.4 Å². The Hall–Kier alpha value is -3.33. The first-order valence-electron chi connectivity index (χ1n) is 9.89. The zero-order chi connectivity index (χ0) is 22.0. The van der Waals surface area contributed by atoms with Crippen LogP contribution in [-0.2, 0) is 26.1 Å². The number of ether oxygens (including phenoxy) is 2. The van der Waals surface area contributed by atoms with E-state index in [-0.39, 0.29) is 18.1 Å². The van der Waals surface area contributed by atoms with Gasteiger partial charge in [0.1, 0.15) is 17.3 Å². The molecule has 1 amide bonds. The lowest BCUT2D eigenvalue weighted by atomic mass is 10.2. The first kappa shape index (κ1) is 20.9. The van der Waals surface area contributed by atoms with E-state index in [1.54, 1.807) is 28.9 Å². The number of nitrogens with one attached hydrogen (secondary N) is 1. The van der Waals surface area contributed by atoms with E-state index in [9.17, 15) is 13.2 Å². The van der Waals surface area contributed by atoms with Gasteiger partial charge in [-0.1, -0.05) is 18.2 Å². The summed E-state index contributed by atoms with van der Waals surface area (Å²) in [5, 5.41) is 7.29. The molecule has 3 aromatic rings. The van der Waals surface area contributed by atoms with Crippen LogP contribution in [0.1, 0.15) is 23.7 Å². The Morgan fingerprint density at radius 2 is 1.74 bits per heavy atom. The largest absolute Gasteiger partial charge is 0.494 e. The summed E-state index contributed by atoms with van der Waals surface area (Å²) < 4.78 is 36.7. The van der Waals surface area contributed by atoms with Crippen LogP contribution in [0.3, 0.4) is 0 Å². The van der Waals surface area contributed by atoms with Crippen molar-refractivity contribution in [3.8, 4) is 17.2 Å². The molecule has 0 aliphatic carbocycles. The Balaban J connectivity index is 1.54. The third kappa shape index (κ3) is 4.56. The highest BCUT2D eigenvalue weighted by atomic mass is 32.2. The molecule has 0 radical (unpaired) electrons. The topological polar surface area (TPSA) is 99.5 Å². The number of nitrogens with zero attached hydrogens (tertiary/aromatic N) is 2. The number of anilines is 1. The number of hydrogen-bond acceptors (Lipinski definition) is 6. The highest BCUT2D eigenvalue weighted by Gasteiger charge is 2.33. The van der Waals surface area contributed by atoms with Crippen LogP contribution in [0.2, 0.25) is 0 Å². The molecule has 9 heteroatoms. The standard InChI is InChI=1S/C22H23N3O5S/c1-3-29-16-8-10-17(11-9-16)30-12-21(26)23-22-18-13-31(27,28)14-19(18)24-25(22)20-7-5-4-6-15(20)2/h4-11H,3,12-14H2,1-2H3,(H,23,26). The van der Waals surface area contributed by atoms with Gasteiger partial charge >= 0.3 is 0 Å². The Morgan fingerprint density at radius 1 is 1.06 bits per heavy atom. The van der Waals surface area contributed by atoms with Gasteiger partial charge in [0.2, 0.25) is 0 Å². The number of aryl methyl sites for hydroxylation is 1. The van der Waals surface area contributed by atoms with Crippen molar-refractivity contribution >= 4 is 21.6 Å². The van der Waals surface area contributed by atoms with Gasteiger partial charge in [0, 0.05) is 5.56 Å². The number of fused-ring (bicyclic) bond motifs is 1. The summed E-state index contributed by atoms with van der Waals surface area (Å²) in [6, 6.07) is 14.6. The molecular formula is C22H23N3O5S. The quantitative estimate of drug-likeness (QED) is 0.605. The molecule has 0 fully saturated rings. The molecule has 2 heterocycles. The molecule has 1 aromatic heterocycles. The van der Waals surface area contributed by atoms with E-state index < -0.39 is 15.7 Å². The molecule has 1 N–H and O–H groups in total. The number of aromatic nitrogens is 2. The fraction of sp³-hybridized carbons (Fsp3) is 0.273. The Kier molecular flexibility index (Phi) is 5.69. The first-order chi connectivity index (χ1) is 14.9. The third-order valence-electron chi connectivity index (χ3n) is 4.89. The Bertz CT molecular complexity index is 1220. The molecule has 162 valence electrons. The summed E-state index contributed by atoms with van der Waals surface area (Å²) in [6.07, 6.45) is 0. The first-order valence-corrected chi connectivity index (χ1v) is 11.7. The van der Waals surface area contributed by atoms with E-state index in [2.05, 4.69) is 10.4 Å². The van der Waals surface area contributed by atoms with Crippen molar-refractivity contribution in [1.82, 2.24) is 9.78 Å². The van der Waals surface area contributed by atoms with E-state index in [1.807, 2.05) is 38.1 Å². The summed E-state index contributed by atoms with van der Waals surface area (Å²) in [5.41, 5.74) is 2.72. The van der Waals surface area contributed by atoms with E-state index in [0.717, 1.165) is 17.0 Å². The van der Waals surface area contributed by atoms with Crippen molar-refractivity contribution in [1.29, 1.82) is 0 Å². The van der Waals surface area contributed by atoms with Gasteiger partial charge in [-0.3, -0.25) is 4.79 Å². The summed E-state index contributed by atoms with van der Waals surface area (Å²) >= 11 is 0. The van der Waals surface area contributed by atoms with Gasteiger partial charge in [-0.05, 0) is 49.7 Å². The van der Waals surface area contributed by atoms with Crippen LogP contribution >= 0.6 is 0 Å². The van der Waals surface area contributed by atoms with E-state index >= 15 is 0 Å². The fourth-order valence-corrected chi connectivity index (χ4v) is 4.96. The van der Waals surface area contributed by atoms with E-state index in [4.69, 9.17) is 9.47 Å². The highest BCUT2D eigenvalue weighted by Crippen LogP contribution is 2.33. The number of rotatable bonds is 7. The summed E-state index contributed by atoms with van der Waals surface area (Å²) in [5.74, 6) is 0.925. The number of para-hydroxylation sites is 1. The molecule has 1 aliphatic rings. The maximum absolute atomic E-state index is 12.6. The lowest BCUT2D eigenvalue weighted by Gasteiger charge is -2.13. The second kappa shape index (κ2) is 8.43. The minimum absolute atomic E-state index is 0.132. The average Bonchev–Trinajstić information content (AvgIpc) is 3.20. The predicted octanol–water partition coefficient (Wildman–Crippen LogP) is 3.03. The van der Waals surface area contributed by atoms with Gasteiger partial charge in [-0.15, -0.1) is 0 Å². The molecule has 8 nitrogen and oxygen atoms in total. The number of carbonyl (C=O) groups is 1. The maximum atomic E-state index is 12.6. The van der Waals surface area contributed by atoms with Gasteiger partial charge < -0.3 is 14.8 Å². The zero-order valence-electron chi connectivity index (χ0n) is 17.3.